The lowest BCUT2D eigenvalue weighted by Gasteiger charge is -2.17. The summed E-state index contributed by atoms with van der Waals surface area (Å²) >= 11 is 0. The van der Waals surface area contributed by atoms with Crippen molar-refractivity contribution >= 4 is 11.4 Å². The zero-order valence-electron chi connectivity index (χ0n) is 9.25. The van der Waals surface area contributed by atoms with Crippen LogP contribution in [0.4, 0.5) is 11.4 Å². The van der Waals surface area contributed by atoms with Crippen molar-refractivity contribution in [3.8, 4) is 12.1 Å². The molecule has 0 spiro atoms. The van der Waals surface area contributed by atoms with Gasteiger partial charge >= 0.3 is 0 Å². The number of nitro benzene ring substituents is 1. The minimum Gasteiger partial charge on any atom is -0.368 e. The van der Waals surface area contributed by atoms with E-state index in [0.717, 1.165) is 0 Å². The molecular weight excluding hydrogens is 220 g/mol. The molecule has 0 bridgehead atoms. The van der Waals surface area contributed by atoms with Crippen molar-refractivity contribution in [1.82, 2.24) is 0 Å². The van der Waals surface area contributed by atoms with Crippen LogP contribution in [0, 0.1) is 32.8 Å². The van der Waals surface area contributed by atoms with Gasteiger partial charge in [0.1, 0.15) is 5.69 Å². The molecule has 0 N–H and O–H groups in total. The van der Waals surface area contributed by atoms with E-state index in [4.69, 9.17) is 10.5 Å². The van der Waals surface area contributed by atoms with Gasteiger partial charge < -0.3 is 4.90 Å². The van der Waals surface area contributed by atoms with Gasteiger partial charge in [0.15, 0.2) is 0 Å². The first-order valence-corrected chi connectivity index (χ1v) is 4.86. The van der Waals surface area contributed by atoms with Crippen LogP contribution in [-0.2, 0) is 0 Å². The van der Waals surface area contributed by atoms with Gasteiger partial charge in [-0.3, -0.25) is 10.1 Å². The van der Waals surface area contributed by atoms with Gasteiger partial charge in [-0.15, -0.1) is 0 Å². The summed E-state index contributed by atoms with van der Waals surface area (Å²) in [5.74, 6) is 0. The van der Waals surface area contributed by atoms with Crippen molar-refractivity contribution < 1.29 is 4.92 Å². The zero-order valence-corrected chi connectivity index (χ0v) is 9.25. The van der Waals surface area contributed by atoms with Gasteiger partial charge in [-0.2, -0.15) is 10.5 Å². The van der Waals surface area contributed by atoms with Gasteiger partial charge in [0.25, 0.3) is 5.69 Å². The summed E-state index contributed by atoms with van der Waals surface area (Å²) in [5.41, 5.74) is 0.642. The van der Waals surface area contributed by atoms with Gasteiger partial charge in [0, 0.05) is 19.7 Å². The number of rotatable bonds is 4. The Morgan fingerprint density at radius 2 is 2.18 bits per heavy atom. The number of nitrogens with zero attached hydrogens (tertiary/aromatic N) is 4. The average molecular weight is 230 g/mol. The van der Waals surface area contributed by atoms with Crippen molar-refractivity contribution in [1.29, 1.82) is 10.5 Å². The van der Waals surface area contributed by atoms with Gasteiger partial charge in [-0.1, -0.05) is 0 Å². The molecule has 0 radical (unpaired) electrons. The molecule has 0 aromatic heterocycles. The molecule has 0 aliphatic heterocycles. The molecule has 0 heterocycles. The third kappa shape index (κ3) is 2.93. The molecule has 0 amide bonds. The molecule has 6 nitrogen and oxygen atoms in total. The molecule has 0 saturated heterocycles. The number of nitriles is 2. The normalized spacial score (nSPS) is 9.12. The summed E-state index contributed by atoms with van der Waals surface area (Å²) in [6, 6.07) is 8.06. The van der Waals surface area contributed by atoms with Crippen LogP contribution < -0.4 is 4.90 Å². The predicted octanol–water partition coefficient (Wildman–Crippen LogP) is 1.82. The summed E-state index contributed by atoms with van der Waals surface area (Å²) in [7, 11) is 1.65. The van der Waals surface area contributed by atoms with Crippen molar-refractivity contribution in [2.75, 3.05) is 18.5 Å². The summed E-state index contributed by atoms with van der Waals surface area (Å²) in [6.45, 7) is 0.381. The molecule has 0 saturated carbocycles. The van der Waals surface area contributed by atoms with E-state index in [2.05, 4.69) is 0 Å². The van der Waals surface area contributed by atoms with E-state index in [-0.39, 0.29) is 12.1 Å². The minimum absolute atomic E-state index is 0.0653. The fourth-order valence-electron chi connectivity index (χ4n) is 1.39. The van der Waals surface area contributed by atoms with Gasteiger partial charge in [0.2, 0.25) is 0 Å². The average Bonchev–Trinajstić information content (AvgIpc) is 2.34. The Morgan fingerprint density at radius 1 is 1.47 bits per heavy atom. The highest BCUT2D eigenvalue weighted by Gasteiger charge is 2.17. The van der Waals surface area contributed by atoms with Crippen LogP contribution >= 0.6 is 0 Å². The molecule has 0 aliphatic carbocycles. The first-order chi connectivity index (χ1) is 8.10. The first kappa shape index (κ1) is 12.5. The van der Waals surface area contributed by atoms with Crippen LogP contribution in [0.2, 0.25) is 0 Å². The summed E-state index contributed by atoms with van der Waals surface area (Å²) in [6.07, 6.45) is 0.268. The van der Waals surface area contributed by atoms with E-state index in [1.54, 1.807) is 11.9 Å². The van der Waals surface area contributed by atoms with E-state index in [9.17, 15) is 10.1 Å². The number of anilines is 1. The third-order valence-electron chi connectivity index (χ3n) is 2.27. The van der Waals surface area contributed by atoms with Gasteiger partial charge in [-0.25, -0.2) is 0 Å². The quantitative estimate of drug-likeness (QED) is 0.580. The van der Waals surface area contributed by atoms with Crippen molar-refractivity contribution in [2.24, 2.45) is 0 Å². The highest BCUT2D eigenvalue weighted by atomic mass is 16.6. The maximum Gasteiger partial charge on any atom is 0.292 e. The monoisotopic (exact) mass is 230 g/mol. The molecule has 0 aliphatic rings. The zero-order chi connectivity index (χ0) is 12.8. The number of benzene rings is 1. The lowest BCUT2D eigenvalue weighted by Crippen LogP contribution is -2.19. The summed E-state index contributed by atoms with van der Waals surface area (Å²) in [5, 5.41) is 28.1. The second-order valence-corrected chi connectivity index (χ2v) is 3.40. The molecular formula is C11H10N4O2. The van der Waals surface area contributed by atoms with E-state index in [1.807, 2.05) is 12.1 Å². The Hall–Kier alpha value is -2.60. The van der Waals surface area contributed by atoms with Crippen LogP contribution in [0.1, 0.15) is 12.0 Å². The van der Waals surface area contributed by atoms with Crippen LogP contribution in [0.3, 0.4) is 0 Å². The Labute approximate surface area is 98.5 Å². The highest BCUT2D eigenvalue weighted by molar-refractivity contribution is 5.65. The third-order valence-corrected chi connectivity index (χ3v) is 2.27. The number of hydrogen-bond donors (Lipinski definition) is 0. The molecule has 0 unspecified atom stereocenters. The lowest BCUT2D eigenvalue weighted by atomic mass is 10.1. The Morgan fingerprint density at radius 3 is 2.71 bits per heavy atom. The molecule has 17 heavy (non-hydrogen) atoms. The summed E-state index contributed by atoms with van der Waals surface area (Å²) in [4.78, 5) is 11.9. The van der Waals surface area contributed by atoms with E-state index >= 15 is 0 Å². The Bertz CT molecular complexity index is 513. The molecule has 0 atom stereocenters. The van der Waals surface area contributed by atoms with Gasteiger partial charge in [0.05, 0.1) is 29.0 Å². The standard InChI is InChI=1S/C11H10N4O2/c1-14(6-2-5-12)11-7-9(8-13)3-4-10(11)15(16)17/h3-4,7H,2,6H2,1H3. The smallest absolute Gasteiger partial charge is 0.292 e. The highest BCUT2D eigenvalue weighted by Crippen LogP contribution is 2.28. The largest absolute Gasteiger partial charge is 0.368 e. The lowest BCUT2D eigenvalue weighted by molar-refractivity contribution is -0.384. The second-order valence-electron chi connectivity index (χ2n) is 3.40. The maximum atomic E-state index is 10.8. The summed E-state index contributed by atoms with van der Waals surface area (Å²) < 4.78 is 0. The molecule has 86 valence electrons. The maximum absolute atomic E-state index is 10.8. The number of nitro groups is 1. The Kier molecular flexibility index (Phi) is 4.02. The van der Waals surface area contributed by atoms with Crippen molar-refractivity contribution in [3.05, 3.63) is 33.9 Å². The molecule has 1 aromatic rings. The SMILES string of the molecule is CN(CCC#N)c1cc(C#N)ccc1[N+](=O)[O-]. The molecule has 1 rings (SSSR count). The van der Waals surface area contributed by atoms with Gasteiger partial charge in [-0.05, 0) is 12.1 Å². The number of hydrogen-bond acceptors (Lipinski definition) is 5. The fraction of sp³-hybridized carbons (Fsp3) is 0.273. The first-order valence-electron chi connectivity index (χ1n) is 4.86. The van der Waals surface area contributed by atoms with Crippen LogP contribution in [-0.4, -0.2) is 18.5 Å². The second kappa shape index (κ2) is 5.47. The van der Waals surface area contributed by atoms with Crippen LogP contribution in [0.25, 0.3) is 0 Å². The topological polar surface area (TPSA) is 94.0 Å². The molecule has 6 heteroatoms. The molecule has 0 fully saturated rings. The Balaban J connectivity index is 3.14. The van der Waals surface area contributed by atoms with Crippen molar-refractivity contribution in [2.45, 2.75) is 6.42 Å². The molecule has 1 aromatic carbocycles. The van der Waals surface area contributed by atoms with Crippen LogP contribution in [0.5, 0.6) is 0 Å². The van der Waals surface area contributed by atoms with E-state index in [0.29, 0.717) is 17.8 Å². The fourth-order valence-corrected chi connectivity index (χ4v) is 1.39. The van der Waals surface area contributed by atoms with E-state index in [1.165, 1.54) is 18.2 Å². The minimum atomic E-state index is -0.501. The van der Waals surface area contributed by atoms with Crippen molar-refractivity contribution in [3.63, 3.8) is 0 Å². The predicted molar refractivity (Wildman–Crippen MR) is 61.3 cm³/mol. The van der Waals surface area contributed by atoms with Crippen LogP contribution in [0.15, 0.2) is 18.2 Å². The van der Waals surface area contributed by atoms with E-state index < -0.39 is 4.92 Å².